The molecular weight excluding hydrogens is 208 g/mol. The number of thiazole rings is 1. The molecule has 5 heteroatoms. The molecule has 0 radical (unpaired) electrons. The van der Waals surface area contributed by atoms with E-state index in [-0.39, 0.29) is 0 Å². The molecule has 0 amide bonds. The van der Waals surface area contributed by atoms with E-state index in [0.717, 1.165) is 30.1 Å². The molecule has 0 aliphatic heterocycles. The van der Waals surface area contributed by atoms with Crippen LogP contribution in [0.15, 0.2) is 17.8 Å². The normalized spacial score (nSPS) is 10.7. The lowest BCUT2D eigenvalue weighted by molar-refractivity contribution is 0.573. The van der Waals surface area contributed by atoms with Crippen molar-refractivity contribution in [2.24, 2.45) is 0 Å². The van der Waals surface area contributed by atoms with E-state index in [1.54, 1.807) is 17.5 Å². The van der Waals surface area contributed by atoms with Crippen LogP contribution in [0.2, 0.25) is 0 Å². The van der Waals surface area contributed by atoms with Crippen LogP contribution in [0.4, 0.5) is 5.69 Å². The number of nitrogens with two attached hydrogens (primary N) is 1. The van der Waals surface area contributed by atoms with E-state index in [2.05, 4.69) is 17.0 Å². The lowest BCUT2D eigenvalue weighted by Gasteiger charge is -1.96. The molecule has 2 heterocycles. The highest BCUT2D eigenvalue weighted by molar-refractivity contribution is 7.13. The second kappa shape index (κ2) is 4.44. The Labute approximate surface area is 92.8 Å². The van der Waals surface area contributed by atoms with Crippen molar-refractivity contribution in [2.75, 3.05) is 5.73 Å². The maximum atomic E-state index is 5.89. The topological polar surface area (TPSA) is 56.7 Å². The fourth-order valence-corrected chi connectivity index (χ4v) is 2.02. The van der Waals surface area contributed by atoms with E-state index in [4.69, 9.17) is 5.73 Å². The summed E-state index contributed by atoms with van der Waals surface area (Å²) >= 11 is 1.56. The summed E-state index contributed by atoms with van der Waals surface area (Å²) in [4.78, 5) is 4.20. The summed E-state index contributed by atoms with van der Waals surface area (Å²) < 4.78 is 1.90. The summed E-state index contributed by atoms with van der Waals surface area (Å²) in [6, 6.07) is 0. The number of anilines is 1. The zero-order chi connectivity index (χ0) is 10.7. The molecule has 0 saturated carbocycles. The monoisotopic (exact) mass is 222 g/mol. The Morgan fingerprint density at radius 3 is 3.07 bits per heavy atom. The van der Waals surface area contributed by atoms with Crippen molar-refractivity contribution in [1.82, 2.24) is 14.8 Å². The minimum atomic E-state index is 0.709. The Morgan fingerprint density at radius 1 is 1.53 bits per heavy atom. The Hall–Kier alpha value is -1.36. The molecule has 0 unspecified atom stereocenters. The average Bonchev–Trinajstić information content (AvgIpc) is 2.83. The zero-order valence-electron chi connectivity index (χ0n) is 8.68. The van der Waals surface area contributed by atoms with E-state index < -0.39 is 0 Å². The summed E-state index contributed by atoms with van der Waals surface area (Å²) in [7, 11) is 0. The fraction of sp³-hybridized carbons (Fsp3) is 0.400. The van der Waals surface area contributed by atoms with Gasteiger partial charge in [-0.3, -0.25) is 4.68 Å². The summed E-state index contributed by atoms with van der Waals surface area (Å²) in [5.74, 6) is 0. The molecule has 0 bridgehead atoms. The van der Waals surface area contributed by atoms with Gasteiger partial charge in [0.15, 0.2) is 0 Å². The molecule has 15 heavy (non-hydrogen) atoms. The van der Waals surface area contributed by atoms with Crippen molar-refractivity contribution in [2.45, 2.75) is 26.3 Å². The van der Waals surface area contributed by atoms with Gasteiger partial charge >= 0.3 is 0 Å². The van der Waals surface area contributed by atoms with Gasteiger partial charge in [-0.1, -0.05) is 13.3 Å². The van der Waals surface area contributed by atoms with Gasteiger partial charge in [0.2, 0.25) is 0 Å². The van der Waals surface area contributed by atoms with Crippen molar-refractivity contribution < 1.29 is 0 Å². The number of nitrogen functional groups attached to an aromatic ring is 1. The van der Waals surface area contributed by atoms with Crippen molar-refractivity contribution in [3.8, 4) is 10.7 Å². The minimum Gasteiger partial charge on any atom is -0.396 e. The molecule has 2 aromatic rings. The standard InChI is InChI=1S/C10H14N4S/c1-2-3-5-14-7-8(11)9(13-14)10-12-4-6-15-10/h4,6-7H,2-3,5,11H2,1H3. The quantitative estimate of drug-likeness (QED) is 0.864. The molecule has 2 rings (SSSR count). The van der Waals surface area contributed by atoms with Crippen molar-refractivity contribution in [3.05, 3.63) is 17.8 Å². The Kier molecular flexibility index (Phi) is 3.01. The third kappa shape index (κ3) is 2.18. The van der Waals surface area contributed by atoms with Crippen LogP contribution in [-0.2, 0) is 6.54 Å². The second-order valence-electron chi connectivity index (χ2n) is 3.39. The Bertz CT molecular complexity index is 419. The molecule has 0 aliphatic rings. The summed E-state index contributed by atoms with van der Waals surface area (Å²) in [6.07, 6.45) is 5.93. The Balaban J connectivity index is 2.22. The number of nitrogens with zero attached hydrogens (tertiary/aromatic N) is 3. The maximum Gasteiger partial charge on any atom is 0.145 e. The summed E-state index contributed by atoms with van der Waals surface area (Å²) in [5, 5.41) is 7.25. The lowest BCUT2D eigenvalue weighted by Crippen LogP contribution is -1.97. The van der Waals surface area contributed by atoms with Gasteiger partial charge in [0.05, 0.1) is 5.69 Å². The Morgan fingerprint density at radius 2 is 2.40 bits per heavy atom. The molecule has 4 nitrogen and oxygen atoms in total. The highest BCUT2D eigenvalue weighted by Gasteiger charge is 2.10. The molecule has 2 N–H and O–H groups in total. The van der Waals surface area contributed by atoms with Gasteiger partial charge in [0.1, 0.15) is 10.7 Å². The molecule has 0 spiro atoms. The molecule has 0 saturated heterocycles. The third-order valence-electron chi connectivity index (χ3n) is 2.17. The summed E-state index contributed by atoms with van der Waals surface area (Å²) in [5.41, 5.74) is 7.40. The van der Waals surface area contributed by atoms with E-state index in [1.807, 2.05) is 16.3 Å². The predicted molar refractivity (Wildman–Crippen MR) is 62.7 cm³/mol. The summed E-state index contributed by atoms with van der Waals surface area (Å²) in [6.45, 7) is 3.08. The molecular formula is C10H14N4S. The second-order valence-corrected chi connectivity index (χ2v) is 4.28. The zero-order valence-corrected chi connectivity index (χ0v) is 9.50. The first-order chi connectivity index (χ1) is 7.31. The van der Waals surface area contributed by atoms with Crippen LogP contribution < -0.4 is 5.73 Å². The van der Waals surface area contributed by atoms with Gasteiger partial charge in [0.25, 0.3) is 0 Å². The number of hydrogen-bond donors (Lipinski definition) is 1. The molecule has 0 aliphatic carbocycles. The molecule has 80 valence electrons. The van der Waals surface area contributed by atoms with Crippen LogP contribution in [0.5, 0.6) is 0 Å². The van der Waals surface area contributed by atoms with Crippen LogP contribution in [0.3, 0.4) is 0 Å². The van der Waals surface area contributed by atoms with Crippen LogP contribution in [-0.4, -0.2) is 14.8 Å². The molecule has 2 aromatic heterocycles. The number of unbranched alkanes of at least 4 members (excludes halogenated alkanes) is 1. The van der Waals surface area contributed by atoms with Crippen LogP contribution >= 0.6 is 11.3 Å². The first kappa shape index (κ1) is 10.2. The van der Waals surface area contributed by atoms with E-state index in [9.17, 15) is 0 Å². The molecule has 0 atom stereocenters. The van der Waals surface area contributed by atoms with Crippen molar-refractivity contribution in [1.29, 1.82) is 0 Å². The SMILES string of the molecule is CCCCn1cc(N)c(-c2nccs2)n1. The van der Waals surface area contributed by atoms with Crippen LogP contribution in [0, 0.1) is 0 Å². The third-order valence-corrected chi connectivity index (χ3v) is 2.95. The first-order valence-corrected chi connectivity index (χ1v) is 5.92. The van der Waals surface area contributed by atoms with Crippen LogP contribution in [0.1, 0.15) is 19.8 Å². The first-order valence-electron chi connectivity index (χ1n) is 5.04. The highest BCUT2D eigenvalue weighted by atomic mass is 32.1. The number of aryl methyl sites for hydroxylation is 1. The number of hydrogen-bond acceptors (Lipinski definition) is 4. The lowest BCUT2D eigenvalue weighted by atomic mass is 10.3. The van der Waals surface area contributed by atoms with Crippen molar-refractivity contribution >= 4 is 17.0 Å². The minimum absolute atomic E-state index is 0.709. The number of aromatic nitrogens is 3. The van der Waals surface area contributed by atoms with E-state index in [1.165, 1.54) is 0 Å². The van der Waals surface area contributed by atoms with Crippen LogP contribution in [0.25, 0.3) is 10.7 Å². The van der Waals surface area contributed by atoms with Gasteiger partial charge < -0.3 is 5.73 Å². The average molecular weight is 222 g/mol. The highest BCUT2D eigenvalue weighted by Crippen LogP contribution is 2.25. The number of rotatable bonds is 4. The van der Waals surface area contributed by atoms with Crippen molar-refractivity contribution in [3.63, 3.8) is 0 Å². The fourth-order valence-electron chi connectivity index (χ4n) is 1.38. The van der Waals surface area contributed by atoms with Gasteiger partial charge in [-0.2, -0.15) is 5.10 Å². The van der Waals surface area contributed by atoms with Gasteiger partial charge in [-0.05, 0) is 6.42 Å². The predicted octanol–water partition coefficient (Wildman–Crippen LogP) is 2.39. The largest absolute Gasteiger partial charge is 0.396 e. The smallest absolute Gasteiger partial charge is 0.145 e. The van der Waals surface area contributed by atoms with Gasteiger partial charge in [0, 0.05) is 24.3 Å². The maximum absolute atomic E-state index is 5.89. The van der Waals surface area contributed by atoms with Gasteiger partial charge in [-0.25, -0.2) is 4.98 Å². The molecule has 0 fully saturated rings. The van der Waals surface area contributed by atoms with Gasteiger partial charge in [-0.15, -0.1) is 11.3 Å². The van der Waals surface area contributed by atoms with E-state index >= 15 is 0 Å². The van der Waals surface area contributed by atoms with E-state index in [0.29, 0.717) is 5.69 Å². The molecule has 0 aromatic carbocycles.